The molecule has 2 N–H and O–H groups in total. The number of rotatable bonds is 3. The van der Waals surface area contributed by atoms with Crippen LogP contribution in [0.5, 0.6) is 0 Å². The second-order valence-electron chi connectivity index (χ2n) is 4.56. The second-order valence-corrected chi connectivity index (χ2v) is 5.79. The SMILES string of the molecule is NC(CC1CCSCC1)c1cc(F)ccc1F. The van der Waals surface area contributed by atoms with Gasteiger partial charge in [0.2, 0.25) is 0 Å². The molecule has 1 aliphatic rings. The fourth-order valence-electron chi connectivity index (χ4n) is 2.27. The van der Waals surface area contributed by atoms with Crippen molar-refractivity contribution in [2.45, 2.75) is 25.3 Å². The highest BCUT2D eigenvalue weighted by molar-refractivity contribution is 7.99. The van der Waals surface area contributed by atoms with E-state index in [1.165, 1.54) is 6.07 Å². The lowest BCUT2D eigenvalue weighted by Gasteiger charge is -2.24. The Bertz CT molecular complexity index is 378. The summed E-state index contributed by atoms with van der Waals surface area (Å²) < 4.78 is 26.6. The van der Waals surface area contributed by atoms with Crippen LogP contribution >= 0.6 is 11.8 Å². The number of nitrogens with two attached hydrogens (primary N) is 1. The summed E-state index contributed by atoms with van der Waals surface area (Å²) in [7, 11) is 0. The van der Waals surface area contributed by atoms with Crippen LogP contribution in [-0.4, -0.2) is 11.5 Å². The van der Waals surface area contributed by atoms with Gasteiger partial charge in [0, 0.05) is 11.6 Å². The van der Waals surface area contributed by atoms with Crippen molar-refractivity contribution in [3.8, 4) is 0 Å². The highest BCUT2D eigenvalue weighted by Gasteiger charge is 2.20. The van der Waals surface area contributed by atoms with E-state index in [9.17, 15) is 8.78 Å². The number of hydrogen-bond acceptors (Lipinski definition) is 2. The van der Waals surface area contributed by atoms with Crippen molar-refractivity contribution in [2.24, 2.45) is 11.7 Å². The molecule has 0 saturated carbocycles. The summed E-state index contributed by atoms with van der Waals surface area (Å²) in [6.07, 6.45) is 3.02. The molecule has 1 fully saturated rings. The minimum atomic E-state index is -0.420. The molecular weight excluding hydrogens is 240 g/mol. The third-order valence-electron chi connectivity index (χ3n) is 3.29. The molecule has 1 atom stereocenters. The summed E-state index contributed by atoms with van der Waals surface area (Å²) in [6, 6.07) is 3.11. The monoisotopic (exact) mass is 257 g/mol. The first-order chi connectivity index (χ1) is 8.16. The van der Waals surface area contributed by atoms with Crippen molar-refractivity contribution in [2.75, 3.05) is 11.5 Å². The van der Waals surface area contributed by atoms with Crippen molar-refractivity contribution in [1.29, 1.82) is 0 Å². The fraction of sp³-hybridized carbons (Fsp3) is 0.538. The van der Waals surface area contributed by atoms with Gasteiger partial charge in [0.05, 0.1) is 0 Å². The average Bonchev–Trinajstić information content (AvgIpc) is 2.33. The Morgan fingerprint density at radius 2 is 2.00 bits per heavy atom. The molecule has 0 radical (unpaired) electrons. The van der Waals surface area contributed by atoms with Crippen molar-refractivity contribution >= 4 is 11.8 Å². The normalized spacial score (nSPS) is 19.2. The lowest BCUT2D eigenvalue weighted by molar-refractivity contribution is 0.405. The van der Waals surface area contributed by atoms with E-state index in [1.54, 1.807) is 0 Å². The van der Waals surface area contributed by atoms with Gasteiger partial charge >= 0.3 is 0 Å². The molecule has 1 nitrogen and oxygen atoms in total. The molecule has 1 saturated heterocycles. The van der Waals surface area contributed by atoms with E-state index in [-0.39, 0.29) is 0 Å². The second kappa shape index (κ2) is 5.83. The molecule has 0 aliphatic carbocycles. The predicted molar refractivity (Wildman–Crippen MR) is 68.0 cm³/mol. The van der Waals surface area contributed by atoms with Gasteiger partial charge in [0.1, 0.15) is 11.6 Å². The van der Waals surface area contributed by atoms with E-state index in [1.807, 2.05) is 11.8 Å². The van der Waals surface area contributed by atoms with Gasteiger partial charge < -0.3 is 5.73 Å². The Balaban J connectivity index is 2.02. The van der Waals surface area contributed by atoms with Gasteiger partial charge in [-0.25, -0.2) is 8.78 Å². The van der Waals surface area contributed by atoms with Gasteiger partial charge in [0.25, 0.3) is 0 Å². The standard InChI is InChI=1S/C13H17F2NS/c14-10-1-2-12(15)11(8-10)13(16)7-9-3-5-17-6-4-9/h1-2,8-9,13H,3-7,16H2. The number of hydrogen-bond donors (Lipinski definition) is 1. The first-order valence-corrected chi connectivity index (χ1v) is 7.10. The first kappa shape index (κ1) is 12.8. The van der Waals surface area contributed by atoms with Crippen molar-refractivity contribution in [1.82, 2.24) is 0 Å². The fourth-order valence-corrected chi connectivity index (χ4v) is 3.47. The van der Waals surface area contributed by atoms with Crippen LogP contribution in [0.4, 0.5) is 8.78 Å². The van der Waals surface area contributed by atoms with Crippen LogP contribution in [0.2, 0.25) is 0 Å². The molecule has 4 heteroatoms. The van der Waals surface area contributed by atoms with E-state index in [4.69, 9.17) is 5.73 Å². The summed E-state index contributed by atoms with van der Waals surface area (Å²) in [5.41, 5.74) is 6.29. The zero-order valence-electron chi connectivity index (χ0n) is 9.66. The summed E-state index contributed by atoms with van der Waals surface area (Å²) in [6.45, 7) is 0. The molecule has 1 unspecified atom stereocenters. The van der Waals surface area contributed by atoms with Crippen molar-refractivity contribution in [3.63, 3.8) is 0 Å². The van der Waals surface area contributed by atoms with Gasteiger partial charge in [0.15, 0.2) is 0 Å². The van der Waals surface area contributed by atoms with Crippen LogP contribution in [0.15, 0.2) is 18.2 Å². The van der Waals surface area contributed by atoms with E-state index in [0.717, 1.165) is 42.9 Å². The quantitative estimate of drug-likeness (QED) is 0.897. The summed E-state index contributed by atoms with van der Waals surface area (Å²) in [4.78, 5) is 0. The predicted octanol–water partition coefficient (Wildman–Crippen LogP) is 3.50. The molecule has 1 aromatic rings. The zero-order valence-corrected chi connectivity index (χ0v) is 10.5. The molecule has 1 aliphatic heterocycles. The number of halogens is 2. The number of thioether (sulfide) groups is 1. The van der Waals surface area contributed by atoms with Crippen LogP contribution in [0.1, 0.15) is 30.9 Å². The molecule has 0 spiro atoms. The van der Waals surface area contributed by atoms with Crippen LogP contribution in [-0.2, 0) is 0 Å². The van der Waals surface area contributed by atoms with Gasteiger partial charge in [-0.2, -0.15) is 11.8 Å². The largest absolute Gasteiger partial charge is 0.324 e. The smallest absolute Gasteiger partial charge is 0.128 e. The maximum atomic E-state index is 13.5. The van der Waals surface area contributed by atoms with Crippen LogP contribution < -0.4 is 5.73 Å². The third kappa shape index (κ3) is 3.42. The Kier molecular flexibility index (Phi) is 4.40. The molecule has 1 heterocycles. The molecule has 0 amide bonds. The molecule has 17 heavy (non-hydrogen) atoms. The molecule has 2 rings (SSSR count). The molecule has 0 bridgehead atoms. The first-order valence-electron chi connectivity index (χ1n) is 5.95. The Labute approximate surface area is 105 Å². The molecule has 1 aromatic carbocycles. The molecule has 0 aromatic heterocycles. The lowest BCUT2D eigenvalue weighted by Crippen LogP contribution is -2.19. The third-order valence-corrected chi connectivity index (χ3v) is 4.33. The summed E-state index contributed by atoms with van der Waals surface area (Å²) in [5.74, 6) is 2.04. The highest BCUT2D eigenvalue weighted by atomic mass is 32.2. The van der Waals surface area contributed by atoms with Crippen molar-refractivity contribution < 1.29 is 8.78 Å². The Morgan fingerprint density at radius 1 is 1.29 bits per heavy atom. The van der Waals surface area contributed by atoms with Gasteiger partial charge in [-0.15, -0.1) is 0 Å². The van der Waals surface area contributed by atoms with E-state index >= 15 is 0 Å². The van der Waals surface area contributed by atoms with Crippen LogP contribution in [0.25, 0.3) is 0 Å². The summed E-state index contributed by atoms with van der Waals surface area (Å²) >= 11 is 1.95. The van der Waals surface area contributed by atoms with Crippen LogP contribution in [0.3, 0.4) is 0 Å². The van der Waals surface area contributed by atoms with Gasteiger partial charge in [-0.05, 0) is 54.9 Å². The maximum Gasteiger partial charge on any atom is 0.128 e. The van der Waals surface area contributed by atoms with E-state index in [2.05, 4.69) is 0 Å². The van der Waals surface area contributed by atoms with Crippen LogP contribution in [0, 0.1) is 17.6 Å². The van der Waals surface area contributed by atoms with Crippen molar-refractivity contribution in [3.05, 3.63) is 35.4 Å². The zero-order chi connectivity index (χ0) is 12.3. The maximum absolute atomic E-state index is 13.5. The van der Waals surface area contributed by atoms with Gasteiger partial charge in [-0.1, -0.05) is 0 Å². The highest BCUT2D eigenvalue weighted by Crippen LogP contribution is 2.30. The lowest BCUT2D eigenvalue weighted by atomic mass is 9.91. The number of benzene rings is 1. The van der Waals surface area contributed by atoms with E-state index in [0.29, 0.717) is 11.5 Å². The minimum absolute atomic E-state index is 0.309. The van der Waals surface area contributed by atoms with Gasteiger partial charge in [-0.3, -0.25) is 0 Å². The Hall–Kier alpha value is -0.610. The summed E-state index contributed by atoms with van der Waals surface area (Å²) in [5, 5.41) is 0. The van der Waals surface area contributed by atoms with E-state index < -0.39 is 17.7 Å². The molecular formula is C13H17F2NS. The topological polar surface area (TPSA) is 26.0 Å². The molecule has 94 valence electrons. The minimum Gasteiger partial charge on any atom is -0.324 e. The average molecular weight is 257 g/mol. The Morgan fingerprint density at radius 3 is 2.71 bits per heavy atom.